The Morgan fingerprint density at radius 1 is 1.00 bits per heavy atom. The molecule has 3 nitrogen and oxygen atoms in total. The SMILES string of the molecule is N=C(N)CCN1c2ccc(Cl)cc2C2(CCCC2)c2cc(Cl)ccc21. The van der Waals surface area contributed by atoms with Crippen LogP contribution in [0.5, 0.6) is 0 Å². The van der Waals surface area contributed by atoms with Gasteiger partial charge in [-0.3, -0.25) is 5.41 Å². The molecule has 1 aliphatic carbocycles. The second kappa shape index (κ2) is 6.22. The van der Waals surface area contributed by atoms with Crippen molar-refractivity contribution < 1.29 is 0 Å². The van der Waals surface area contributed by atoms with E-state index in [-0.39, 0.29) is 11.3 Å². The van der Waals surface area contributed by atoms with Gasteiger partial charge in [-0.1, -0.05) is 36.0 Å². The molecule has 0 atom stereocenters. The fraction of sp³-hybridized carbons (Fsp3) is 0.350. The van der Waals surface area contributed by atoms with Crippen LogP contribution in [0.4, 0.5) is 11.4 Å². The average molecular weight is 374 g/mol. The molecular formula is C20H21Cl2N3. The normalized spacial score (nSPS) is 17.4. The van der Waals surface area contributed by atoms with Crippen LogP contribution in [-0.4, -0.2) is 12.4 Å². The van der Waals surface area contributed by atoms with Gasteiger partial charge in [-0.05, 0) is 60.4 Å². The third-order valence-electron chi connectivity index (χ3n) is 5.59. The van der Waals surface area contributed by atoms with Crippen molar-refractivity contribution in [3.63, 3.8) is 0 Å². The van der Waals surface area contributed by atoms with Crippen molar-refractivity contribution in [3.05, 3.63) is 57.6 Å². The van der Waals surface area contributed by atoms with Crippen molar-refractivity contribution in [2.24, 2.45) is 5.73 Å². The van der Waals surface area contributed by atoms with Crippen molar-refractivity contribution in [1.82, 2.24) is 0 Å². The number of nitrogens with one attached hydrogen (secondary N) is 1. The first-order chi connectivity index (χ1) is 12.0. The van der Waals surface area contributed by atoms with Gasteiger partial charge in [-0.15, -0.1) is 0 Å². The number of anilines is 2. The van der Waals surface area contributed by atoms with Crippen LogP contribution in [0.15, 0.2) is 36.4 Å². The van der Waals surface area contributed by atoms with Crippen LogP contribution in [0.1, 0.15) is 43.2 Å². The van der Waals surface area contributed by atoms with E-state index in [4.69, 9.17) is 34.3 Å². The van der Waals surface area contributed by atoms with Crippen molar-refractivity contribution in [3.8, 4) is 0 Å². The number of benzene rings is 2. The Labute approximate surface area is 158 Å². The minimum Gasteiger partial charge on any atom is -0.388 e. The maximum Gasteiger partial charge on any atom is 0.0923 e. The topological polar surface area (TPSA) is 53.1 Å². The second-order valence-corrected chi connectivity index (χ2v) is 7.91. The van der Waals surface area contributed by atoms with Crippen LogP contribution in [0.2, 0.25) is 10.0 Å². The lowest BCUT2D eigenvalue weighted by Crippen LogP contribution is -2.36. The molecule has 4 rings (SSSR count). The number of hydrogen-bond donors (Lipinski definition) is 2. The Hall–Kier alpha value is -1.71. The predicted octanol–water partition coefficient (Wildman–Crippen LogP) is 5.63. The molecule has 0 aromatic heterocycles. The molecule has 2 aromatic carbocycles. The molecule has 0 radical (unpaired) electrons. The number of amidine groups is 1. The molecule has 130 valence electrons. The van der Waals surface area contributed by atoms with Crippen molar-refractivity contribution in [2.45, 2.75) is 37.5 Å². The number of halogens is 2. The van der Waals surface area contributed by atoms with E-state index in [2.05, 4.69) is 29.2 Å². The van der Waals surface area contributed by atoms with E-state index < -0.39 is 0 Å². The van der Waals surface area contributed by atoms with E-state index in [1.165, 1.54) is 35.3 Å². The smallest absolute Gasteiger partial charge is 0.0923 e. The zero-order valence-corrected chi connectivity index (χ0v) is 15.5. The van der Waals surface area contributed by atoms with Gasteiger partial charge in [0.2, 0.25) is 0 Å². The summed E-state index contributed by atoms with van der Waals surface area (Å²) >= 11 is 12.7. The van der Waals surface area contributed by atoms with Gasteiger partial charge in [-0.2, -0.15) is 0 Å². The molecule has 25 heavy (non-hydrogen) atoms. The van der Waals surface area contributed by atoms with E-state index in [0.29, 0.717) is 13.0 Å². The minimum absolute atomic E-state index is 0.00676. The van der Waals surface area contributed by atoms with Crippen LogP contribution in [0.25, 0.3) is 0 Å². The summed E-state index contributed by atoms with van der Waals surface area (Å²) in [6.07, 6.45) is 5.19. The van der Waals surface area contributed by atoms with Crippen LogP contribution in [0, 0.1) is 5.41 Å². The zero-order chi connectivity index (χ0) is 17.6. The van der Waals surface area contributed by atoms with Gasteiger partial charge in [0, 0.05) is 39.8 Å². The first-order valence-corrected chi connectivity index (χ1v) is 9.47. The molecule has 1 fully saturated rings. The summed E-state index contributed by atoms with van der Waals surface area (Å²) in [5.74, 6) is 0.201. The number of rotatable bonds is 3. The highest BCUT2D eigenvalue weighted by Gasteiger charge is 2.45. The summed E-state index contributed by atoms with van der Waals surface area (Å²) < 4.78 is 0. The Kier molecular flexibility index (Phi) is 4.17. The molecule has 0 bridgehead atoms. The lowest BCUT2D eigenvalue weighted by atomic mass is 9.69. The summed E-state index contributed by atoms with van der Waals surface area (Å²) in [6.45, 7) is 0.675. The monoisotopic (exact) mass is 373 g/mol. The van der Waals surface area contributed by atoms with Gasteiger partial charge in [0.15, 0.2) is 0 Å². The number of fused-ring (bicyclic) bond motifs is 4. The van der Waals surface area contributed by atoms with Gasteiger partial charge in [0.05, 0.1) is 5.84 Å². The summed E-state index contributed by atoms with van der Waals surface area (Å²) in [4.78, 5) is 2.27. The molecule has 0 amide bonds. The fourth-order valence-corrected chi connectivity index (χ4v) is 4.86. The Balaban J connectivity index is 1.94. The van der Waals surface area contributed by atoms with Gasteiger partial charge in [0.1, 0.15) is 0 Å². The van der Waals surface area contributed by atoms with Gasteiger partial charge < -0.3 is 10.6 Å². The minimum atomic E-state index is -0.00676. The first-order valence-electron chi connectivity index (χ1n) is 8.72. The van der Waals surface area contributed by atoms with Gasteiger partial charge >= 0.3 is 0 Å². The highest BCUT2D eigenvalue weighted by atomic mass is 35.5. The van der Waals surface area contributed by atoms with Crippen molar-refractivity contribution >= 4 is 40.4 Å². The molecule has 3 N–H and O–H groups in total. The lowest BCUT2D eigenvalue weighted by Gasteiger charge is -2.44. The maximum atomic E-state index is 7.62. The molecule has 5 heteroatoms. The van der Waals surface area contributed by atoms with E-state index in [9.17, 15) is 0 Å². The second-order valence-electron chi connectivity index (χ2n) is 7.04. The fourth-order valence-electron chi connectivity index (χ4n) is 4.52. The van der Waals surface area contributed by atoms with E-state index in [1.807, 2.05) is 12.1 Å². The molecule has 2 aromatic rings. The average Bonchev–Trinajstić information content (AvgIpc) is 3.06. The Morgan fingerprint density at radius 2 is 1.52 bits per heavy atom. The highest BCUT2D eigenvalue weighted by molar-refractivity contribution is 6.31. The molecule has 1 spiro atoms. The van der Waals surface area contributed by atoms with Crippen molar-refractivity contribution in [1.29, 1.82) is 5.41 Å². The Morgan fingerprint density at radius 3 is 2.00 bits per heavy atom. The first kappa shape index (κ1) is 16.7. The van der Waals surface area contributed by atoms with Gasteiger partial charge in [-0.25, -0.2) is 0 Å². The molecule has 0 unspecified atom stereocenters. The third-order valence-corrected chi connectivity index (χ3v) is 6.06. The van der Waals surface area contributed by atoms with Crippen LogP contribution in [0.3, 0.4) is 0 Å². The predicted molar refractivity (Wildman–Crippen MR) is 106 cm³/mol. The highest BCUT2D eigenvalue weighted by Crippen LogP contribution is 2.57. The standard InChI is InChI=1S/C20H21Cl2N3/c21-13-3-5-17-15(11-13)20(8-1-2-9-20)16-12-14(22)4-6-18(16)25(17)10-7-19(23)24/h3-6,11-12H,1-2,7-10H2,(H3,23,24). The van der Waals surface area contributed by atoms with Gasteiger partial charge in [0.25, 0.3) is 0 Å². The number of nitrogens with zero attached hydrogens (tertiary/aromatic N) is 1. The Bertz CT molecular complexity index is 785. The summed E-state index contributed by atoms with van der Waals surface area (Å²) in [5.41, 5.74) is 10.6. The third kappa shape index (κ3) is 2.70. The van der Waals surface area contributed by atoms with Crippen LogP contribution < -0.4 is 10.6 Å². The quantitative estimate of drug-likeness (QED) is 0.540. The molecule has 0 saturated heterocycles. The summed E-state index contributed by atoms with van der Waals surface area (Å²) in [6, 6.07) is 12.3. The van der Waals surface area contributed by atoms with Crippen LogP contribution >= 0.6 is 23.2 Å². The molecule has 1 heterocycles. The van der Waals surface area contributed by atoms with E-state index in [1.54, 1.807) is 0 Å². The number of nitrogens with two attached hydrogens (primary N) is 1. The lowest BCUT2D eigenvalue weighted by molar-refractivity contribution is 0.526. The molecular weight excluding hydrogens is 353 g/mol. The summed E-state index contributed by atoms with van der Waals surface area (Å²) in [7, 11) is 0. The number of hydrogen-bond acceptors (Lipinski definition) is 2. The zero-order valence-electron chi connectivity index (χ0n) is 14.0. The largest absolute Gasteiger partial charge is 0.388 e. The van der Waals surface area contributed by atoms with Crippen molar-refractivity contribution in [2.75, 3.05) is 11.4 Å². The maximum absolute atomic E-state index is 7.62. The van der Waals surface area contributed by atoms with E-state index >= 15 is 0 Å². The van der Waals surface area contributed by atoms with Crippen LogP contribution in [-0.2, 0) is 5.41 Å². The summed E-state index contributed by atoms with van der Waals surface area (Å²) in [5, 5.41) is 9.15. The molecule has 2 aliphatic rings. The molecule has 1 saturated carbocycles. The molecule has 1 aliphatic heterocycles. The van der Waals surface area contributed by atoms with E-state index in [0.717, 1.165) is 22.9 Å².